The van der Waals surface area contributed by atoms with Gasteiger partial charge in [-0.3, -0.25) is 0 Å². The number of nitrogens with one attached hydrogen (secondary N) is 1. The van der Waals surface area contributed by atoms with Gasteiger partial charge in [-0.2, -0.15) is 0 Å². The Kier molecular flexibility index (Phi) is 4.87. The molecule has 0 spiro atoms. The normalized spacial score (nSPS) is 10.5. The zero-order valence-corrected chi connectivity index (χ0v) is 12.2. The van der Waals surface area contributed by atoms with Gasteiger partial charge in [0, 0.05) is 11.3 Å². The minimum Gasteiger partial charge on any atom is -0.494 e. The lowest BCUT2D eigenvalue weighted by molar-refractivity contribution is 0.267. The number of rotatable bonds is 6. The van der Waals surface area contributed by atoms with Crippen LogP contribution in [-0.4, -0.2) is 11.7 Å². The predicted molar refractivity (Wildman–Crippen MR) is 77.3 cm³/mol. The molecule has 0 saturated carbocycles. The summed E-state index contributed by atoms with van der Waals surface area (Å²) in [7, 11) is 0. The molecule has 0 radical (unpaired) electrons. The largest absolute Gasteiger partial charge is 0.494 e. The number of benzene rings is 1. The number of ether oxygens (including phenoxy) is 1. The van der Waals surface area contributed by atoms with Crippen molar-refractivity contribution in [1.29, 1.82) is 0 Å². The van der Waals surface area contributed by atoms with Gasteiger partial charge in [-0.25, -0.2) is 0 Å². The van der Waals surface area contributed by atoms with E-state index < -0.39 is 0 Å². The van der Waals surface area contributed by atoms with Gasteiger partial charge in [0.2, 0.25) is 0 Å². The number of aliphatic hydroxyl groups excluding tert-OH is 1. The highest BCUT2D eigenvalue weighted by atomic mass is 79.9. The van der Waals surface area contributed by atoms with Gasteiger partial charge in [-0.05, 0) is 53.2 Å². The van der Waals surface area contributed by atoms with Crippen molar-refractivity contribution in [3.05, 3.63) is 46.3 Å². The van der Waals surface area contributed by atoms with E-state index in [0.29, 0.717) is 17.8 Å². The maximum Gasteiger partial charge on any atom is 0.169 e. The molecule has 0 saturated heterocycles. The minimum atomic E-state index is -0.0445. The maximum absolute atomic E-state index is 9.33. The summed E-state index contributed by atoms with van der Waals surface area (Å²) in [4.78, 5) is 0. The second-order valence-corrected chi connectivity index (χ2v) is 4.75. The average Bonchev–Trinajstić information content (AvgIpc) is 2.83. The molecule has 0 aliphatic heterocycles. The molecule has 1 heterocycles. The van der Waals surface area contributed by atoms with E-state index in [2.05, 4.69) is 21.2 Å². The highest BCUT2D eigenvalue weighted by Gasteiger charge is 2.05. The van der Waals surface area contributed by atoms with E-state index >= 15 is 0 Å². The molecule has 0 unspecified atom stereocenters. The number of anilines is 1. The maximum atomic E-state index is 9.33. The Bertz CT molecular complexity index is 539. The summed E-state index contributed by atoms with van der Waals surface area (Å²) >= 11 is 3.26. The molecule has 0 aliphatic rings. The highest BCUT2D eigenvalue weighted by molar-refractivity contribution is 9.10. The lowest BCUT2D eigenvalue weighted by Gasteiger charge is -2.11. The monoisotopic (exact) mass is 325 g/mol. The number of hydrogen-bond acceptors (Lipinski definition) is 4. The molecule has 0 atom stereocenters. The smallest absolute Gasteiger partial charge is 0.169 e. The van der Waals surface area contributed by atoms with E-state index in [1.54, 1.807) is 0 Å². The van der Waals surface area contributed by atoms with Gasteiger partial charge in [-0.15, -0.1) is 0 Å². The summed E-state index contributed by atoms with van der Waals surface area (Å²) in [5.41, 5.74) is 1.69. The highest BCUT2D eigenvalue weighted by Crippen LogP contribution is 2.23. The first-order valence-electron chi connectivity index (χ1n) is 6.07. The third-order valence-corrected chi connectivity index (χ3v) is 3.05. The quantitative estimate of drug-likeness (QED) is 0.852. The standard InChI is InChI=1S/C14H16BrNO3/c1-2-18-13-5-3-11(7-10(13)9-17)16-8-12-4-6-14(15)19-12/h3-7,16-17H,2,8-9H2,1H3. The molecule has 1 aromatic carbocycles. The first kappa shape index (κ1) is 14.0. The average molecular weight is 326 g/mol. The molecule has 4 nitrogen and oxygen atoms in total. The molecular formula is C14H16BrNO3. The van der Waals surface area contributed by atoms with Crippen molar-refractivity contribution in [3.8, 4) is 5.75 Å². The van der Waals surface area contributed by atoms with Crippen molar-refractivity contribution >= 4 is 21.6 Å². The van der Waals surface area contributed by atoms with Gasteiger partial charge in [-0.1, -0.05) is 0 Å². The lowest BCUT2D eigenvalue weighted by Crippen LogP contribution is -2.01. The van der Waals surface area contributed by atoms with Gasteiger partial charge >= 0.3 is 0 Å². The van der Waals surface area contributed by atoms with Crippen LogP contribution in [-0.2, 0) is 13.2 Å². The Hall–Kier alpha value is -1.46. The fraction of sp³-hybridized carbons (Fsp3) is 0.286. The van der Waals surface area contributed by atoms with Crippen LogP contribution in [0.1, 0.15) is 18.2 Å². The Morgan fingerprint density at radius 2 is 2.16 bits per heavy atom. The van der Waals surface area contributed by atoms with Gasteiger partial charge in [0.15, 0.2) is 4.67 Å². The van der Waals surface area contributed by atoms with Crippen LogP contribution in [0, 0.1) is 0 Å². The van der Waals surface area contributed by atoms with Crippen LogP contribution in [0.3, 0.4) is 0 Å². The second-order valence-electron chi connectivity index (χ2n) is 3.97. The first-order valence-corrected chi connectivity index (χ1v) is 6.87. The van der Waals surface area contributed by atoms with Gasteiger partial charge < -0.3 is 19.6 Å². The Labute approximate surface area is 120 Å². The molecule has 0 fully saturated rings. The van der Waals surface area contributed by atoms with Crippen LogP contribution >= 0.6 is 15.9 Å². The van der Waals surface area contributed by atoms with E-state index in [1.807, 2.05) is 37.3 Å². The van der Waals surface area contributed by atoms with E-state index in [9.17, 15) is 5.11 Å². The van der Waals surface area contributed by atoms with Crippen LogP contribution in [0.5, 0.6) is 5.75 Å². The molecule has 0 amide bonds. The van der Waals surface area contributed by atoms with Crippen molar-refractivity contribution < 1.29 is 14.3 Å². The lowest BCUT2D eigenvalue weighted by atomic mass is 10.2. The molecule has 1 aromatic heterocycles. The minimum absolute atomic E-state index is 0.0445. The molecule has 102 valence electrons. The summed E-state index contributed by atoms with van der Waals surface area (Å²) in [5, 5.41) is 12.6. The number of hydrogen-bond donors (Lipinski definition) is 2. The SMILES string of the molecule is CCOc1ccc(NCc2ccc(Br)o2)cc1CO. The molecule has 2 N–H and O–H groups in total. The second kappa shape index (κ2) is 6.63. The van der Waals surface area contributed by atoms with E-state index in [0.717, 1.165) is 22.8 Å². The summed E-state index contributed by atoms with van der Waals surface area (Å²) in [6.07, 6.45) is 0. The van der Waals surface area contributed by atoms with Gasteiger partial charge in [0.1, 0.15) is 11.5 Å². The van der Waals surface area contributed by atoms with Crippen LogP contribution in [0.15, 0.2) is 39.4 Å². The van der Waals surface area contributed by atoms with Gasteiger partial charge in [0.05, 0.1) is 19.8 Å². The summed E-state index contributed by atoms with van der Waals surface area (Å²) in [6, 6.07) is 9.41. The number of aliphatic hydroxyl groups is 1. The number of furan rings is 1. The zero-order valence-electron chi connectivity index (χ0n) is 10.6. The summed E-state index contributed by atoms with van der Waals surface area (Å²) in [5.74, 6) is 1.56. The van der Waals surface area contributed by atoms with E-state index in [1.165, 1.54) is 0 Å². The fourth-order valence-corrected chi connectivity index (χ4v) is 2.09. The number of halogens is 1. The zero-order chi connectivity index (χ0) is 13.7. The third kappa shape index (κ3) is 3.75. The topological polar surface area (TPSA) is 54.6 Å². The first-order chi connectivity index (χ1) is 9.22. The molecule has 2 aromatic rings. The summed E-state index contributed by atoms with van der Waals surface area (Å²) < 4.78 is 11.6. The Morgan fingerprint density at radius 1 is 1.32 bits per heavy atom. The molecule has 2 rings (SSSR count). The van der Waals surface area contributed by atoms with Crippen molar-refractivity contribution in [2.75, 3.05) is 11.9 Å². The van der Waals surface area contributed by atoms with Crippen LogP contribution in [0.4, 0.5) is 5.69 Å². The van der Waals surface area contributed by atoms with Crippen molar-refractivity contribution in [2.24, 2.45) is 0 Å². The van der Waals surface area contributed by atoms with Crippen molar-refractivity contribution in [1.82, 2.24) is 0 Å². The van der Waals surface area contributed by atoms with Crippen LogP contribution in [0.2, 0.25) is 0 Å². The molecule has 19 heavy (non-hydrogen) atoms. The fourth-order valence-electron chi connectivity index (χ4n) is 1.75. The van der Waals surface area contributed by atoms with Crippen LogP contribution < -0.4 is 10.1 Å². The van der Waals surface area contributed by atoms with E-state index in [4.69, 9.17) is 9.15 Å². The molecular weight excluding hydrogens is 310 g/mol. The Balaban J connectivity index is 2.04. The van der Waals surface area contributed by atoms with Gasteiger partial charge in [0.25, 0.3) is 0 Å². The molecule has 5 heteroatoms. The Morgan fingerprint density at radius 3 is 2.79 bits per heavy atom. The summed E-state index contributed by atoms with van der Waals surface area (Å²) in [6.45, 7) is 3.05. The third-order valence-electron chi connectivity index (χ3n) is 2.63. The van der Waals surface area contributed by atoms with Crippen molar-refractivity contribution in [2.45, 2.75) is 20.1 Å². The predicted octanol–water partition coefficient (Wildman–Crippen LogP) is 3.55. The molecule has 0 bridgehead atoms. The van der Waals surface area contributed by atoms with E-state index in [-0.39, 0.29) is 6.61 Å². The van der Waals surface area contributed by atoms with Crippen LogP contribution in [0.25, 0.3) is 0 Å². The molecule has 0 aliphatic carbocycles. The van der Waals surface area contributed by atoms with Crippen molar-refractivity contribution in [3.63, 3.8) is 0 Å².